The van der Waals surface area contributed by atoms with Gasteiger partial charge in [-0.3, -0.25) is 14.5 Å². The van der Waals surface area contributed by atoms with E-state index in [2.05, 4.69) is 10.2 Å². The predicted octanol–water partition coefficient (Wildman–Crippen LogP) is 4.57. The maximum absolute atomic E-state index is 13.1. The largest absolute Gasteiger partial charge is 0.507 e. The van der Waals surface area contributed by atoms with E-state index in [0.29, 0.717) is 27.0 Å². The number of ketones is 1. The molecule has 1 aromatic heterocycles. The van der Waals surface area contributed by atoms with Crippen LogP contribution in [0.15, 0.2) is 54.1 Å². The Balaban J connectivity index is 1.85. The van der Waals surface area contributed by atoms with Gasteiger partial charge in [0.25, 0.3) is 5.78 Å². The summed E-state index contributed by atoms with van der Waals surface area (Å²) in [6, 6.07) is 13.5. The molecule has 0 saturated carbocycles. The van der Waals surface area contributed by atoms with Gasteiger partial charge in [0.2, 0.25) is 5.13 Å². The zero-order chi connectivity index (χ0) is 23.0. The standard InChI is InChI=1S/C24H23N3O4S/c1-13(2)31-18-11-9-17(10-12-18)21(28)19-20(16-7-5-14(3)6-8-16)27(23(30)22(19)29)24-26-25-15(4)32-24/h5-13,20,28H,1-4H3/b21-19-. The van der Waals surface area contributed by atoms with Crippen LogP contribution in [-0.4, -0.2) is 33.1 Å². The van der Waals surface area contributed by atoms with E-state index in [1.807, 2.05) is 45.0 Å². The van der Waals surface area contributed by atoms with E-state index >= 15 is 0 Å². The molecule has 7 nitrogen and oxygen atoms in total. The molecule has 0 spiro atoms. The number of aliphatic hydroxyl groups is 1. The first-order chi connectivity index (χ1) is 15.3. The van der Waals surface area contributed by atoms with E-state index in [9.17, 15) is 14.7 Å². The molecule has 0 bridgehead atoms. The van der Waals surface area contributed by atoms with Crippen molar-refractivity contribution in [3.05, 3.63) is 75.8 Å². The van der Waals surface area contributed by atoms with Crippen LogP contribution in [-0.2, 0) is 9.59 Å². The Bertz CT molecular complexity index is 1200. The molecule has 1 aliphatic heterocycles. The fourth-order valence-corrected chi connectivity index (χ4v) is 4.31. The third-order valence-electron chi connectivity index (χ3n) is 5.06. The summed E-state index contributed by atoms with van der Waals surface area (Å²) in [4.78, 5) is 27.5. The topological polar surface area (TPSA) is 92.6 Å². The highest BCUT2D eigenvalue weighted by Crippen LogP contribution is 2.43. The Morgan fingerprint density at radius 1 is 1.03 bits per heavy atom. The molecule has 1 fully saturated rings. The number of aromatic nitrogens is 2. The molecule has 1 saturated heterocycles. The maximum atomic E-state index is 13.1. The Morgan fingerprint density at radius 2 is 1.69 bits per heavy atom. The van der Waals surface area contributed by atoms with E-state index in [4.69, 9.17) is 4.74 Å². The molecule has 1 amide bonds. The molecule has 1 aliphatic rings. The minimum absolute atomic E-state index is 0.0108. The van der Waals surface area contributed by atoms with E-state index in [1.165, 1.54) is 16.2 Å². The second-order valence-corrected chi connectivity index (χ2v) is 9.03. The molecule has 3 aromatic rings. The van der Waals surface area contributed by atoms with Gasteiger partial charge in [-0.25, -0.2) is 0 Å². The Hall–Kier alpha value is -3.52. The first kappa shape index (κ1) is 21.7. The van der Waals surface area contributed by atoms with Gasteiger partial charge in [-0.1, -0.05) is 41.2 Å². The van der Waals surface area contributed by atoms with Crippen molar-refractivity contribution in [1.82, 2.24) is 10.2 Å². The number of amides is 1. The lowest BCUT2D eigenvalue weighted by Crippen LogP contribution is -2.29. The normalized spacial score (nSPS) is 17.9. The van der Waals surface area contributed by atoms with Gasteiger partial charge in [0.05, 0.1) is 17.7 Å². The molecule has 164 valence electrons. The number of carbonyl (C=O) groups is 2. The van der Waals surface area contributed by atoms with Crippen LogP contribution >= 0.6 is 11.3 Å². The smallest absolute Gasteiger partial charge is 0.301 e. The molecule has 1 atom stereocenters. The number of Topliss-reactive ketones (excluding diaryl/α,β-unsaturated/α-hetero) is 1. The highest BCUT2D eigenvalue weighted by atomic mass is 32.1. The summed E-state index contributed by atoms with van der Waals surface area (Å²) >= 11 is 1.22. The van der Waals surface area contributed by atoms with Crippen molar-refractivity contribution in [3.63, 3.8) is 0 Å². The summed E-state index contributed by atoms with van der Waals surface area (Å²) < 4.78 is 5.65. The monoisotopic (exact) mass is 449 g/mol. The fourth-order valence-electron chi connectivity index (χ4n) is 3.60. The first-order valence-corrected chi connectivity index (χ1v) is 11.0. The first-order valence-electron chi connectivity index (χ1n) is 10.2. The van der Waals surface area contributed by atoms with Gasteiger partial charge in [0.15, 0.2) is 0 Å². The van der Waals surface area contributed by atoms with Crippen LogP contribution in [0.5, 0.6) is 5.75 Å². The van der Waals surface area contributed by atoms with Crippen LogP contribution in [0.4, 0.5) is 5.13 Å². The number of hydrogen-bond donors (Lipinski definition) is 1. The van der Waals surface area contributed by atoms with E-state index in [-0.39, 0.29) is 17.4 Å². The van der Waals surface area contributed by atoms with Crippen molar-refractivity contribution in [1.29, 1.82) is 0 Å². The lowest BCUT2D eigenvalue weighted by molar-refractivity contribution is -0.132. The van der Waals surface area contributed by atoms with Crippen molar-refractivity contribution in [3.8, 4) is 5.75 Å². The molecule has 0 radical (unpaired) electrons. The number of anilines is 1. The third-order valence-corrected chi connectivity index (χ3v) is 5.90. The summed E-state index contributed by atoms with van der Waals surface area (Å²) in [5.74, 6) is -1.10. The zero-order valence-corrected chi connectivity index (χ0v) is 19.0. The Morgan fingerprint density at radius 3 is 2.25 bits per heavy atom. The average Bonchev–Trinajstić information content (AvgIpc) is 3.29. The van der Waals surface area contributed by atoms with Gasteiger partial charge in [-0.05, 0) is 57.5 Å². The van der Waals surface area contributed by atoms with Crippen molar-refractivity contribution in [2.75, 3.05) is 4.90 Å². The van der Waals surface area contributed by atoms with Crippen molar-refractivity contribution in [2.24, 2.45) is 0 Å². The van der Waals surface area contributed by atoms with Gasteiger partial charge in [-0.15, -0.1) is 10.2 Å². The van der Waals surface area contributed by atoms with Crippen molar-refractivity contribution >= 4 is 33.9 Å². The summed E-state index contributed by atoms with van der Waals surface area (Å²) in [5.41, 5.74) is 2.18. The number of nitrogens with zero attached hydrogens (tertiary/aromatic N) is 3. The maximum Gasteiger partial charge on any atom is 0.301 e. The molecule has 8 heteroatoms. The molecule has 0 aliphatic carbocycles. The number of aryl methyl sites for hydroxylation is 2. The van der Waals surface area contributed by atoms with Crippen LogP contribution in [0.1, 0.15) is 41.6 Å². The average molecular weight is 450 g/mol. The quantitative estimate of drug-likeness (QED) is 0.349. The van der Waals surface area contributed by atoms with Crippen LogP contribution < -0.4 is 9.64 Å². The summed E-state index contributed by atoms with van der Waals surface area (Å²) in [6.45, 7) is 7.58. The van der Waals surface area contributed by atoms with Gasteiger partial charge in [-0.2, -0.15) is 0 Å². The van der Waals surface area contributed by atoms with Gasteiger partial charge in [0, 0.05) is 5.56 Å². The van der Waals surface area contributed by atoms with Gasteiger partial charge < -0.3 is 9.84 Å². The second kappa shape index (κ2) is 8.55. The molecule has 1 unspecified atom stereocenters. The zero-order valence-electron chi connectivity index (χ0n) is 18.2. The minimum atomic E-state index is -0.811. The second-order valence-electron chi connectivity index (χ2n) is 7.87. The van der Waals surface area contributed by atoms with Crippen LogP contribution in [0.25, 0.3) is 5.76 Å². The number of aliphatic hydroxyl groups excluding tert-OH is 1. The molecular formula is C24H23N3O4S. The van der Waals surface area contributed by atoms with Crippen molar-refractivity contribution in [2.45, 2.75) is 39.8 Å². The lowest BCUT2D eigenvalue weighted by Gasteiger charge is -2.22. The third kappa shape index (κ3) is 4.01. The molecule has 1 N–H and O–H groups in total. The van der Waals surface area contributed by atoms with E-state index < -0.39 is 17.7 Å². The molecule has 2 aromatic carbocycles. The summed E-state index contributed by atoms with van der Waals surface area (Å²) in [7, 11) is 0. The molecule has 32 heavy (non-hydrogen) atoms. The SMILES string of the molecule is Cc1ccc(C2/C(=C(/O)c3ccc(OC(C)C)cc3)C(=O)C(=O)N2c2nnc(C)s2)cc1. The fraction of sp³-hybridized carbons (Fsp3) is 0.250. The van der Waals surface area contributed by atoms with E-state index in [1.54, 1.807) is 31.2 Å². The highest BCUT2D eigenvalue weighted by Gasteiger charge is 2.48. The number of hydrogen-bond acceptors (Lipinski definition) is 7. The molecule has 4 rings (SSSR count). The van der Waals surface area contributed by atoms with Gasteiger partial charge >= 0.3 is 5.91 Å². The Kier molecular flexibility index (Phi) is 5.80. The van der Waals surface area contributed by atoms with Crippen LogP contribution in [0.2, 0.25) is 0 Å². The predicted molar refractivity (Wildman–Crippen MR) is 123 cm³/mol. The van der Waals surface area contributed by atoms with Gasteiger partial charge in [0.1, 0.15) is 16.5 Å². The van der Waals surface area contributed by atoms with Crippen LogP contribution in [0, 0.1) is 13.8 Å². The van der Waals surface area contributed by atoms with Crippen LogP contribution in [0.3, 0.4) is 0 Å². The number of benzene rings is 2. The summed E-state index contributed by atoms with van der Waals surface area (Å²) in [6.07, 6.45) is 0.0108. The summed E-state index contributed by atoms with van der Waals surface area (Å²) in [5, 5.41) is 20.2. The molecular weight excluding hydrogens is 426 g/mol. The van der Waals surface area contributed by atoms with E-state index in [0.717, 1.165) is 5.56 Å². The number of ether oxygens (including phenoxy) is 1. The minimum Gasteiger partial charge on any atom is -0.507 e. The van der Waals surface area contributed by atoms with Crippen molar-refractivity contribution < 1.29 is 19.4 Å². The number of carbonyl (C=O) groups excluding carboxylic acids is 2. The highest BCUT2D eigenvalue weighted by molar-refractivity contribution is 7.15. The lowest BCUT2D eigenvalue weighted by atomic mass is 9.95. The molecule has 2 heterocycles. The Labute approximate surface area is 190 Å². The number of rotatable bonds is 5.